The monoisotopic (exact) mass is 433 g/mol. The summed E-state index contributed by atoms with van der Waals surface area (Å²) in [5, 5.41) is 7.03. The number of ether oxygens (including phenoxy) is 2. The summed E-state index contributed by atoms with van der Waals surface area (Å²) in [6, 6.07) is 16.5. The molecular weight excluding hydrogens is 402 g/mol. The van der Waals surface area contributed by atoms with Crippen molar-refractivity contribution in [3.8, 4) is 5.75 Å². The topological polar surface area (TPSA) is 54.4 Å². The molecular formula is C26H31N3O3. The van der Waals surface area contributed by atoms with Gasteiger partial charge in [0.25, 0.3) is 0 Å². The van der Waals surface area contributed by atoms with Crippen LogP contribution in [0.15, 0.2) is 53.6 Å². The van der Waals surface area contributed by atoms with Gasteiger partial charge in [0.15, 0.2) is 5.78 Å². The van der Waals surface area contributed by atoms with Crippen molar-refractivity contribution in [1.29, 1.82) is 0 Å². The molecule has 3 heterocycles. The van der Waals surface area contributed by atoms with Crippen LogP contribution in [0.1, 0.15) is 30.9 Å². The van der Waals surface area contributed by atoms with E-state index in [1.165, 1.54) is 0 Å². The number of carbonyl (C=O) groups is 1. The molecule has 0 aromatic heterocycles. The van der Waals surface area contributed by atoms with Crippen molar-refractivity contribution in [2.75, 3.05) is 44.5 Å². The van der Waals surface area contributed by atoms with E-state index in [2.05, 4.69) is 53.2 Å². The lowest BCUT2D eigenvalue weighted by Gasteiger charge is -2.42. The zero-order valence-electron chi connectivity index (χ0n) is 18.9. The molecule has 2 aromatic carbocycles. The normalized spacial score (nSPS) is 25.0. The summed E-state index contributed by atoms with van der Waals surface area (Å²) in [5.41, 5.74) is 3.39. The number of fused-ring (bicyclic) bond motifs is 3. The third kappa shape index (κ3) is 3.61. The lowest BCUT2D eigenvalue weighted by Crippen LogP contribution is -2.54. The number of aryl methyl sites for hydroxylation is 1. The Kier molecular flexibility index (Phi) is 5.74. The molecule has 32 heavy (non-hydrogen) atoms. The first-order chi connectivity index (χ1) is 15.6. The predicted octanol–water partition coefficient (Wildman–Crippen LogP) is 3.57. The third-order valence-corrected chi connectivity index (χ3v) is 7.02. The first kappa shape index (κ1) is 21.2. The lowest BCUT2D eigenvalue weighted by molar-refractivity contribution is -0.111. The van der Waals surface area contributed by atoms with Gasteiger partial charge in [0.1, 0.15) is 29.8 Å². The van der Waals surface area contributed by atoms with Crippen LogP contribution in [0.2, 0.25) is 0 Å². The average Bonchev–Trinajstić information content (AvgIpc) is 3.16. The minimum Gasteiger partial charge on any atom is -0.489 e. The van der Waals surface area contributed by atoms with Crippen LogP contribution in [-0.4, -0.2) is 61.9 Å². The number of hydrogen-bond donors (Lipinski definition) is 0. The van der Waals surface area contributed by atoms with Crippen LogP contribution in [-0.2, 0) is 14.9 Å². The van der Waals surface area contributed by atoms with Gasteiger partial charge in [-0.05, 0) is 49.6 Å². The quantitative estimate of drug-likeness (QED) is 0.697. The molecule has 0 spiro atoms. The number of benzene rings is 2. The Morgan fingerprint density at radius 1 is 1.16 bits per heavy atom. The summed E-state index contributed by atoms with van der Waals surface area (Å²) < 4.78 is 11.7. The number of rotatable bonds is 6. The Morgan fingerprint density at radius 2 is 1.94 bits per heavy atom. The fourth-order valence-corrected chi connectivity index (χ4v) is 5.45. The van der Waals surface area contributed by atoms with Gasteiger partial charge in [0.2, 0.25) is 0 Å². The van der Waals surface area contributed by atoms with Crippen LogP contribution < -0.4 is 9.75 Å². The van der Waals surface area contributed by atoms with Crippen molar-refractivity contribution in [3.05, 3.63) is 59.7 Å². The molecule has 5 rings (SSSR count). The van der Waals surface area contributed by atoms with E-state index in [1.54, 1.807) is 6.92 Å². The minimum atomic E-state index is -0.499. The molecule has 1 saturated heterocycles. The molecule has 3 aliphatic rings. The second-order valence-electron chi connectivity index (χ2n) is 9.04. The first-order valence-electron chi connectivity index (χ1n) is 11.6. The predicted molar refractivity (Wildman–Crippen MR) is 126 cm³/mol. The number of morpholine rings is 1. The van der Waals surface area contributed by atoms with Crippen LogP contribution >= 0.6 is 0 Å². The number of anilines is 1. The van der Waals surface area contributed by atoms with Crippen LogP contribution in [0.5, 0.6) is 5.75 Å². The second kappa shape index (κ2) is 8.68. The maximum Gasteiger partial charge on any atom is 0.176 e. The van der Waals surface area contributed by atoms with E-state index < -0.39 is 5.41 Å². The van der Waals surface area contributed by atoms with Crippen LogP contribution in [0.4, 0.5) is 5.69 Å². The second-order valence-corrected chi connectivity index (χ2v) is 9.04. The van der Waals surface area contributed by atoms with Gasteiger partial charge in [-0.15, -0.1) is 0 Å². The zero-order valence-corrected chi connectivity index (χ0v) is 18.9. The fourth-order valence-electron chi connectivity index (χ4n) is 5.45. The van der Waals surface area contributed by atoms with Crippen molar-refractivity contribution >= 4 is 17.2 Å². The molecule has 0 amide bonds. The largest absolute Gasteiger partial charge is 0.489 e. The molecule has 3 aliphatic heterocycles. The molecule has 168 valence electrons. The van der Waals surface area contributed by atoms with Gasteiger partial charge < -0.3 is 9.47 Å². The van der Waals surface area contributed by atoms with Gasteiger partial charge in [0.05, 0.1) is 18.6 Å². The number of hydrogen-bond acceptors (Lipinski definition) is 6. The van der Waals surface area contributed by atoms with Gasteiger partial charge in [-0.25, -0.2) is 0 Å². The number of ketones is 1. The molecule has 1 unspecified atom stereocenters. The van der Waals surface area contributed by atoms with Crippen molar-refractivity contribution in [3.63, 3.8) is 0 Å². The fraction of sp³-hybridized carbons (Fsp3) is 0.462. The van der Waals surface area contributed by atoms with Crippen molar-refractivity contribution < 1.29 is 14.3 Å². The van der Waals surface area contributed by atoms with Crippen LogP contribution in [0, 0.1) is 6.92 Å². The van der Waals surface area contributed by atoms with Crippen molar-refractivity contribution in [2.45, 2.75) is 38.1 Å². The molecule has 6 heteroatoms. The summed E-state index contributed by atoms with van der Waals surface area (Å²) in [6.07, 6.45) is 1.82. The molecule has 0 bridgehead atoms. The van der Waals surface area contributed by atoms with Gasteiger partial charge >= 0.3 is 0 Å². The van der Waals surface area contributed by atoms with Gasteiger partial charge in [-0.3, -0.25) is 14.7 Å². The average molecular weight is 434 g/mol. The zero-order chi connectivity index (χ0) is 22.1. The SMILES string of the molecule is CC(=O)C1=NN2c3cc(C)ccc3OCC2[C@@]1(CCCN1CCOCC1)c1ccccc1. The highest BCUT2D eigenvalue weighted by Gasteiger charge is 2.55. The Morgan fingerprint density at radius 3 is 2.69 bits per heavy atom. The smallest absolute Gasteiger partial charge is 0.176 e. The Hall–Kier alpha value is -2.70. The summed E-state index contributed by atoms with van der Waals surface area (Å²) in [5.74, 6) is 0.861. The van der Waals surface area contributed by atoms with E-state index in [4.69, 9.17) is 14.6 Å². The van der Waals surface area contributed by atoms with Crippen molar-refractivity contribution in [2.24, 2.45) is 5.10 Å². The number of hydrazone groups is 1. The summed E-state index contributed by atoms with van der Waals surface area (Å²) in [7, 11) is 0. The Bertz CT molecular complexity index is 1020. The lowest BCUT2D eigenvalue weighted by atomic mass is 9.67. The van der Waals surface area contributed by atoms with E-state index in [9.17, 15) is 4.79 Å². The Balaban J connectivity index is 1.54. The maximum atomic E-state index is 13.0. The molecule has 0 saturated carbocycles. The molecule has 0 aliphatic carbocycles. The van der Waals surface area contributed by atoms with Gasteiger partial charge in [0, 0.05) is 20.0 Å². The summed E-state index contributed by atoms with van der Waals surface area (Å²) >= 11 is 0. The summed E-state index contributed by atoms with van der Waals surface area (Å²) in [6.45, 7) is 8.75. The molecule has 0 radical (unpaired) electrons. The first-order valence-corrected chi connectivity index (χ1v) is 11.6. The van der Waals surface area contributed by atoms with Crippen LogP contribution in [0.3, 0.4) is 0 Å². The highest BCUT2D eigenvalue weighted by Crippen LogP contribution is 2.48. The van der Waals surface area contributed by atoms with Gasteiger partial charge in [-0.2, -0.15) is 5.10 Å². The number of carbonyl (C=O) groups excluding carboxylic acids is 1. The molecule has 6 nitrogen and oxygen atoms in total. The summed E-state index contributed by atoms with van der Waals surface area (Å²) in [4.78, 5) is 15.5. The van der Waals surface area contributed by atoms with Gasteiger partial charge in [-0.1, -0.05) is 36.4 Å². The van der Waals surface area contributed by atoms with Crippen LogP contribution in [0.25, 0.3) is 0 Å². The minimum absolute atomic E-state index is 0.0313. The van der Waals surface area contributed by atoms with E-state index >= 15 is 0 Å². The highest BCUT2D eigenvalue weighted by molar-refractivity contribution is 6.43. The third-order valence-electron chi connectivity index (χ3n) is 7.02. The van der Waals surface area contributed by atoms with Crippen molar-refractivity contribution in [1.82, 2.24) is 4.90 Å². The number of Topliss-reactive ketones (excluding diaryl/α,β-unsaturated/α-hetero) is 1. The molecule has 2 aromatic rings. The highest BCUT2D eigenvalue weighted by atomic mass is 16.5. The maximum absolute atomic E-state index is 13.0. The Labute approximate surface area is 189 Å². The van der Waals surface area contributed by atoms with E-state index in [0.29, 0.717) is 12.3 Å². The number of nitrogens with zero attached hydrogens (tertiary/aromatic N) is 3. The van der Waals surface area contributed by atoms with E-state index in [-0.39, 0.29) is 11.8 Å². The molecule has 1 fully saturated rings. The molecule has 2 atom stereocenters. The van der Waals surface area contributed by atoms with E-state index in [0.717, 1.165) is 68.3 Å². The molecule has 0 N–H and O–H groups in total. The standard InChI is InChI=1S/C26H31N3O3/c1-19-9-10-23-22(17-19)29-24(18-32-23)26(25(27-29)20(2)30,21-7-4-3-5-8-21)11-6-12-28-13-15-31-16-14-28/h3-5,7-10,17,24H,6,11-16,18H2,1-2H3/t24?,26-/m1/s1. The van der Waals surface area contributed by atoms with E-state index in [1.807, 2.05) is 12.1 Å².